The van der Waals surface area contributed by atoms with E-state index in [1.807, 2.05) is 24.0 Å². The van der Waals surface area contributed by atoms with Crippen LogP contribution in [0.2, 0.25) is 0 Å². The molecule has 0 unspecified atom stereocenters. The maximum atomic E-state index is 4.29. The van der Waals surface area contributed by atoms with Crippen molar-refractivity contribution in [3.05, 3.63) is 53.6 Å². The third-order valence-corrected chi connectivity index (χ3v) is 3.35. The summed E-state index contributed by atoms with van der Waals surface area (Å²) in [6, 6.07) is 8.84. The van der Waals surface area contributed by atoms with E-state index in [9.17, 15) is 0 Å². The minimum absolute atomic E-state index is 0.221. The third-order valence-electron chi connectivity index (χ3n) is 3.35. The zero-order valence-electron chi connectivity index (χ0n) is 12.3. The Balaban J connectivity index is 1.89. The van der Waals surface area contributed by atoms with Gasteiger partial charge in [-0.25, -0.2) is 4.98 Å². The van der Waals surface area contributed by atoms with Crippen LogP contribution in [0.1, 0.15) is 37.7 Å². The number of aryl methyl sites for hydroxylation is 1. The molecule has 0 radical (unpaired) electrons. The molecule has 0 atom stereocenters. The molecule has 1 aromatic carbocycles. The van der Waals surface area contributed by atoms with Crippen LogP contribution in [0.15, 0.2) is 36.7 Å². The monoisotopic (exact) mass is 257 g/mol. The summed E-state index contributed by atoms with van der Waals surface area (Å²) in [6.07, 6.45) is 3.80. The molecule has 0 bridgehead atoms. The van der Waals surface area contributed by atoms with Crippen LogP contribution in [-0.4, -0.2) is 9.55 Å². The van der Waals surface area contributed by atoms with Gasteiger partial charge >= 0.3 is 0 Å². The van der Waals surface area contributed by atoms with Crippen molar-refractivity contribution in [2.45, 2.75) is 39.3 Å². The SMILES string of the molecule is Cn1ccnc1CNCc1ccc(C(C)(C)C)cc1. The van der Waals surface area contributed by atoms with Crippen molar-refractivity contribution in [1.82, 2.24) is 14.9 Å². The topological polar surface area (TPSA) is 29.9 Å². The summed E-state index contributed by atoms with van der Waals surface area (Å²) in [7, 11) is 2.02. The summed E-state index contributed by atoms with van der Waals surface area (Å²) in [4.78, 5) is 4.29. The number of imidazole rings is 1. The van der Waals surface area contributed by atoms with Crippen LogP contribution in [0.25, 0.3) is 0 Å². The average molecular weight is 257 g/mol. The fraction of sp³-hybridized carbons (Fsp3) is 0.438. The molecule has 1 aromatic heterocycles. The number of hydrogen-bond donors (Lipinski definition) is 1. The van der Waals surface area contributed by atoms with Gasteiger partial charge < -0.3 is 9.88 Å². The number of aromatic nitrogens is 2. The van der Waals surface area contributed by atoms with Crippen molar-refractivity contribution in [1.29, 1.82) is 0 Å². The Morgan fingerprint density at radius 1 is 1.11 bits per heavy atom. The molecule has 2 rings (SSSR count). The first-order chi connectivity index (χ1) is 8.97. The van der Waals surface area contributed by atoms with Crippen LogP contribution < -0.4 is 5.32 Å². The molecule has 0 fully saturated rings. The Labute approximate surface area is 115 Å². The predicted molar refractivity (Wildman–Crippen MR) is 78.9 cm³/mol. The molecular weight excluding hydrogens is 234 g/mol. The van der Waals surface area contributed by atoms with Crippen LogP contribution in [0.4, 0.5) is 0 Å². The van der Waals surface area contributed by atoms with Gasteiger partial charge in [0, 0.05) is 26.0 Å². The summed E-state index contributed by atoms with van der Waals surface area (Å²) in [5.74, 6) is 1.06. The Hall–Kier alpha value is -1.61. The van der Waals surface area contributed by atoms with E-state index >= 15 is 0 Å². The first-order valence-corrected chi connectivity index (χ1v) is 6.73. The fourth-order valence-electron chi connectivity index (χ4n) is 2.01. The minimum atomic E-state index is 0.221. The summed E-state index contributed by atoms with van der Waals surface area (Å²) in [5.41, 5.74) is 2.90. The van der Waals surface area contributed by atoms with E-state index < -0.39 is 0 Å². The van der Waals surface area contributed by atoms with E-state index in [4.69, 9.17) is 0 Å². The largest absolute Gasteiger partial charge is 0.337 e. The molecule has 102 valence electrons. The molecule has 0 spiro atoms. The molecule has 1 heterocycles. The van der Waals surface area contributed by atoms with Crippen LogP contribution in [-0.2, 0) is 25.6 Å². The summed E-state index contributed by atoms with van der Waals surface area (Å²) in [5, 5.41) is 3.42. The molecule has 0 saturated carbocycles. The zero-order chi connectivity index (χ0) is 13.9. The predicted octanol–water partition coefficient (Wildman–Crippen LogP) is 3.01. The first kappa shape index (κ1) is 13.8. The maximum absolute atomic E-state index is 4.29. The quantitative estimate of drug-likeness (QED) is 0.912. The van der Waals surface area contributed by atoms with E-state index in [-0.39, 0.29) is 5.41 Å². The second-order valence-electron chi connectivity index (χ2n) is 6.00. The average Bonchev–Trinajstić information content (AvgIpc) is 2.75. The smallest absolute Gasteiger partial charge is 0.122 e. The Kier molecular flexibility index (Phi) is 4.05. The van der Waals surface area contributed by atoms with Gasteiger partial charge in [-0.2, -0.15) is 0 Å². The standard InChI is InChI=1S/C16H23N3/c1-16(2,3)14-7-5-13(6-8-14)11-17-12-15-18-9-10-19(15)4/h5-10,17H,11-12H2,1-4H3. The molecule has 3 heteroatoms. The minimum Gasteiger partial charge on any atom is -0.337 e. The van der Waals surface area contributed by atoms with Gasteiger partial charge in [-0.05, 0) is 16.5 Å². The van der Waals surface area contributed by atoms with Crippen molar-refractivity contribution in [2.75, 3.05) is 0 Å². The molecular formula is C16H23N3. The van der Waals surface area contributed by atoms with E-state index in [1.165, 1.54) is 11.1 Å². The van der Waals surface area contributed by atoms with Gasteiger partial charge in [0.15, 0.2) is 0 Å². The van der Waals surface area contributed by atoms with Crippen LogP contribution in [0, 0.1) is 0 Å². The van der Waals surface area contributed by atoms with Crippen LogP contribution >= 0.6 is 0 Å². The molecule has 3 nitrogen and oxygen atoms in total. The third kappa shape index (κ3) is 3.67. The Bertz CT molecular complexity index is 518. The van der Waals surface area contributed by atoms with Crippen LogP contribution in [0.5, 0.6) is 0 Å². The van der Waals surface area contributed by atoms with Crippen molar-refractivity contribution in [2.24, 2.45) is 7.05 Å². The molecule has 0 saturated heterocycles. The molecule has 0 aliphatic rings. The fourth-order valence-corrected chi connectivity index (χ4v) is 2.01. The highest BCUT2D eigenvalue weighted by Gasteiger charge is 2.12. The van der Waals surface area contributed by atoms with E-state index in [0.717, 1.165) is 18.9 Å². The second-order valence-corrected chi connectivity index (χ2v) is 6.00. The lowest BCUT2D eigenvalue weighted by Crippen LogP contribution is -2.16. The Morgan fingerprint density at radius 3 is 2.32 bits per heavy atom. The van der Waals surface area contributed by atoms with Crippen molar-refractivity contribution >= 4 is 0 Å². The van der Waals surface area contributed by atoms with Gasteiger partial charge in [0.2, 0.25) is 0 Å². The van der Waals surface area contributed by atoms with Gasteiger partial charge in [0.25, 0.3) is 0 Å². The summed E-state index contributed by atoms with van der Waals surface area (Å²) >= 11 is 0. The highest BCUT2D eigenvalue weighted by molar-refractivity contribution is 5.27. The number of benzene rings is 1. The molecule has 0 aliphatic carbocycles. The van der Waals surface area contributed by atoms with Gasteiger partial charge in [0.1, 0.15) is 5.82 Å². The summed E-state index contributed by atoms with van der Waals surface area (Å²) < 4.78 is 2.04. The number of rotatable bonds is 4. The molecule has 0 amide bonds. The second kappa shape index (κ2) is 5.57. The highest BCUT2D eigenvalue weighted by Crippen LogP contribution is 2.22. The van der Waals surface area contributed by atoms with Crippen molar-refractivity contribution in [3.8, 4) is 0 Å². The lowest BCUT2D eigenvalue weighted by molar-refractivity contribution is 0.589. The van der Waals surface area contributed by atoms with E-state index in [0.29, 0.717) is 0 Å². The highest BCUT2D eigenvalue weighted by atomic mass is 15.1. The van der Waals surface area contributed by atoms with Gasteiger partial charge in [-0.1, -0.05) is 45.0 Å². The van der Waals surface area contributed by atoms with Gasteiger partial charge in [-0.15, -0.1) is 0 Å². The Morgan fingerprint density at radius 2 is 1.79 bits per heavy atom. The van der Waals surface area contributed by atoms with Gasteiger partial charge in [0.05, 0.1) is 6.54 Å². The number of nitrogens with zero attached hydrogens (tertiary/aromatic N) is 2. The molecule has 19 heavy (non-hydrogen) atoms. The van der Waals surface area contributed by atoms with Crippen molar-refractivity contribution in [3.63, 3.8) is 0 Å². The number of nitrogens with one attached hydrogen (secondary N) is 1. The van der Waals surface area contributed by atoms with E-state index in [2.05, 4.69) is 55.3 Å². The molecule has 1 N–H and O–H groups in total. The zero-order valence-corrected chi connectivity index (χ0v) is 12.3. The summed E-state index contributed by atoms with van der Waals surface area (Å²) in [6.45, 7) is 8.38. The normalized spacial score (nSPS) is 11.8. The molecule has 2 aromatic rings. The molecule has 0 aliphatic heterocycles. The number of hydrogen-bond acceptors (Lipinski definition) is 2. The van der Waals surface area contributed by atoms with Crippen LogP contribution in [0.3, 0.4) is 0 Å². The van der Waals surface area contributed by atoms with Crippen molar-refractivity contribution < 1.29 is 0 Å². The van der Waals surface area contributed by atoms with Gasteiger partial charge in [-0.3, -0.25) is 0 Å². The lowest BCUT2D eigenvalue weighted by atomic mass is 9.87. The van der Waals surface area contributed by atoms with E-state index in [1.54, 1.807) is 0 Å². The lowest BCUT2D eigenvalue weighted by Gasteiger charge is -2.19. The first-order valence-electron chi connectivity index (χ1n) is 6.73. The maximum Gasteiger partial charge on any atom is 0.122 e.